The van der Waals surface area contributed by atoms with Gasteiger partial charge < -0.3 is 15.2 Å². The molecule has 4 nitrogen and oxygen atoms in total. The van der Waals surface area contributed by atoms with Crippen molar-refractivity contribution in [3.8, 4) is 5.75 Å². The summed E-state index contributed by atoms with van der Waals surface area (Å²) < 4.78 is 6.46. The Morgan fingerprint density at radius 1 is 1.24 bits per heavy atom. The number of hydrogen-bond acceptors (Lipinski definition) is 3. The number of rotatable bonds is 6. The number of ether oxygens (including phenoxy) is 1. The largest absolute Gasteiger partial charge is 0.492 e. The predicted octanol–water partition coefficient (Wildman–Crippen LogP) is 4.29. The topological polar surface area (TPSA) is 58.6 Å². The van der Waals surface area contributed by atoms with E-state index < -0.39 is 5.97 Å². The second-order valence-corrected chi connectivity index (χ2v) is 5.52. The van der Waals surface area contributed by atoms with Crippen LogP contribution in [-0.4, -0.2) is 24.2 Å². The molecule has 0 aliphatic rings. The van der Waals surface area contributed by atoms with Crippen molar-refractivity contribution in [2.75, 3.05) is 18.5 Å². The number of hydrogen-bond donors (Lipinski definition) is 2. The molecule has 0 aliphatic heterocycles. The third-order valence-corrected chi connectivity index (χ3v) is 3.64. The van der Waals surface area contributed by atoms with Crippen LogP contribution in [0.1, 0.15) is 10.4 Å². The lowest BCUT2D eigenvalue weighted by Crippen LogP contribution is -2.11. The summed E-state index contributed by atoms with van der Waals surface area (Å²) in [5.74, 6) is -0.319. The van der Waals surface area contributed by atoms with Gasteiger partial charge in [0.1, 0.15) is 12.4 Å². The summed E-state index contributed by atoms with van der Waals surface area (Å²) in [6, 6.07) is 11.8. The maximum atomic E-state index is 10.7. The molecule has 0 aliphatic carbocycles. The smallest absolute Gasteiger partial charge is 0.335 e. The van der Waals surface area contributed by atoms with Gasteiger partial charge in [0.2, 0.25) is 0 Å². The SMILES string of the molecule is O=C(O)c1ccc(OCCNc2cc(Cl)ccc2Br)cc1. The Balaban J connectivity index is 1.81. The Morgan fingerprint density at radius 2 is 1.95 bits per heavy atom. The quantitative estimate of drug-likeness (QED) is 0.745. The number of nitrogens with one attached hydrogen (secondary N) is 1. The van der Waals surface area contributed by atoms with E-state index >= 15 is 0 Å². The molecule has 0 atom stereocenters. The number of halogens is 2. The van der Waals surface area contributed by atoms with Crippen molar-refractivity contribution >= 4 is 39.2 Å². The third-order valence-electron chi connectivity index (χ3n) is 2.72. The van der Waals surface area contributed by atoms with Gasteiger partial charge in [0.25, 0.3) is 0 Å². The Hall–Kier alpha value is -1.72. The van der Waals surface area contributed by atoms with Crippen molar-refractivity contribution in [1.82, 2.24) is 0 Å². The highest BCUT2D eigenvalue weighted by Crippen LogP contribution is 2.25. The van der Waals surface area contributed by atoms with E-state index in [2.05, 4.69) is 21.2 Å². The third kappa shape index (κ3) is 4.65. The van der Waals surface area contributed by atoms with Gasteiger partial charge in [-0.3, -0.25) is 0 Å². The van der Waals surface area contributed by atoms with Crippen LogP contribution < -0.4 is 10.1 Å². The molecular formula is C15H13BrClNO3. The summed E-state index contributed by atoms with van der Waals surface area (Å²) in [6.45, 7) is 1.05. The summed E-state index contributed by atoms with van der Waals surface area (Å²) >= 11 is 9.36. The molecule has 0 bridgehead atoms. The first-order valence-electron chi connectivity index (χ1n) is 6.21. The van der Waals surface area contributed by atoms with E-state index in [1.54, 1.807) is 18.2 Å². The lowest BCUT2D eigenvalue weighted by Gasteiger charge is -2.10. The van der Waals surface area contributed by atoms with Crippen LogP contribution in [-0.2, 0) is 0 Å². The van der Waals surface area contributed by atoms with Crippen molar-refractivity contribution < 1.29 is 14.6 Å². The van der Waals surface area contributed by atoms with Crippen molar-refractivity contribution in [3.05, 3.63) is 57.5 Å². The molecule has 110 valence electrons. The summed E-state index contributed by atoms with van der Waals surface area (Å²) in [5.41, 5.74) is 1.13. The molecule has 0 saturated heterocycles. The first-order valence-corrected chi connectivity index (χ1v) is 7.38. The molecule has 0 saturated carbocycles. The first kappa shape index (κ1) is 15.7. The average Bonchev–Trinajstić information content (AvgIpc) is 2.47. The molecule has 2 rings (SSSR count). The number of benzene rings is 2. The molecule has 0 spiro atoms. The molecule has 2 aromatic rings. The van der Waals surface area contributed by atoms with Crippen LogP contribution in [0.15, 0.2) is 46.9 Å². The fourth-order valence-corrected chi connectivity index (χ4v) is 2.24. The number of anilines is 1. The Morgan fingerprint density at radius 3 is 2.62 bits per heavy atom. The summed E-state index contributed by atoms with van der Waals surface area (Å²) in [5, 5.41) is 12.7. The predicted molar refractivity (Wildman–Crippen MR) is 86.5 cm³/mol. The zero-order valence-electron chi connectivity index (χ0n) is 11.0. The number of aromatic carboxylic acids is 1. The lowest BCUT2D eigenvalue weighted by atomic mass is 10.2. The van der Waals surface area contributed by atoms with Crippen LogP contribution in [0.25, 0.3) is 0 Å². The molecule has 2 N–H and O–H groups in total. The highest BCUT2D eigenvalue weighted by molar-refractivity contribution is 9.10. The molecule has 0 radical (unpaired) electrons. The van der Waals surface area contributed by atoms with Crippen molar-refractivity contribution in [2.45, 2.75) is 0 Å². The first-order chi connectivity index (χ1) is 10.1. The van der Waals surface area contributed by atoms with E-state index in [0.29, 0.717) is 23.9 Å². The van der Waals surface area contributed by atoms with Gasteiger partial charge in [-0.25, -0.2) is 4.79 Å². The molecule has 0 unspecified atom stereocenters. The van der Waals surface area contributed by atoms with Gasteiger partial charge in [-0.15, -0.1) is 0 Å². The molecular weight excluding hydrogens is 358 g/mol. The normalized spacial score (nSPS) is 10.2. The van der Waals surface area contributed by atoms with Crippen LogP contribution >= 0.6 is 27.5 Å². The van der Waals surface area contributed by atoms with Gasteiger partial charge in [-0.05, 0) is 58.4 Å². The number of carbonyl (C=O) groups is 1. The standard InChI is InChI=1S/C15H13BrClNO3/c16-13-6-3-11(17)9-14(13)18-7-8-21-12-4-1-10(2-5-12)15(19)20/h1-6,9,18H,7-8H2,(H,19,20). The minimum atomic E-state index is -0.950. The van der Waals surface area contributed by atoms with Crippen molar-refractivity contribution in [2.24, 2.45) is 0 Å². The Bertz CT molecular complexity index is 631. The molecule has 0 amide bonds. The van der Waals surface area contributed by atoms with Gasteiger partial charge in [0, 0.05) is 16.0 Å². The fourth-order valence-electron chi connectivity index (χ4n) is 1.68. The van der Waals surface area contributed by atoms with Crippen molar-refractivity contribution in [3.63, 3.8) is 0 Å². The minimum Gasteiger partial charge on any atom is -0.492 e. The highest BCUT2D eigenvalue weighted by atomic mass is 79.9. The molecule has 0 fully saturated rings. The van der Waals surface area contributed by atoms with E-state index in [1.165, 1.54) is 12.1 Å². The number of carboxylic acid groups (broad SMARTS) is 1. The van der Waals surface area contributed by atoms with Crippen molar-refractivity contribution in [1.29, 1.82) is 0 Å². The van der Waals surface area contributed by atoms with Gasteiger partial charge in [-0.2, -0.15) is 0 Å². The summed E-state index contributed by atoms with van der Waals surface area (Å²) in [4.78, 5) is 10.7. The molecule has 0 aromatic heterocycles. The van der Waals surface area contributed by atoms with Crippen LogP contribution in [0.3, 0.4) is 0 Å². The second kappa shape index (κ2) is 7.33. The molecule has 21 heavy (non-hydrogen) atoms. The zero-order valence-corrected chi connectivity index (χ0v) is 13.3. The van der Waals surface area contributed by atoms with Crippen LogP contribution in [0.4, 0.5) is 5.69 Å². The Kier molecular flexibility index (Phi) is 5.47. The maximum absolute atomic E-state index is 10.7. The van der Waals surface area contributed by atoms with Crippen LogP contribution in [0, 0.1) is 0 Å². The van der Waals surface area contributed by atoms with E-state index in [-0.39, 0.29) is 5.56 Å². The molecule has 6 heteroatoms. The summed E-state index contributed by atoms with van der Waals surface area (Å²) in [6.07, 6.45) is 0. The maximum Gasteiger partial charge on any atom is 0.335 e. The highest BCUT2D eigenvalue weighted by Gasteiger charge is 2.03. The van der Waals surface area contributed by atoms with E-state index in [1.807, 2.05) is 12.1 Å². The van der Waals surface area contributed by atoms with E-state index in [0.717, 1.165) is 10.2 Å². The van der Waals surface area contributed by atoms with E-state index in [9.17, 15) is 4.79 Å². The average molecular weight is 371 g/mol. The van der Waals surface area contributed by atoms with Gasteiger partial charge in [0.05, 0.1) is 11.3 Å². The number of carboxylic acids is 1. The fraction of sp³-hybridized carbons (Fsp3) is 0.133. The van der Waals surface area contributed by atoms with Gasteiger partial charge in [-0.1, -0.05) is 11.6 Å². The minimum absolute atomic E-state index is 0.239. The monoisotopic (exact) mass is 369 g/mol. The summed E-state index contributed by atoms with van der Waals surface area (Å²) in [7, 11) is 0. The van der Waals surface area contributed by atoms with Crippen LogP contribution in [0.2, 0.25) is 5.02 Å². The van der Waals surface area contributed by atoms with Crippen LogP contribution in [0.5, 0.6) is 5.75 Å². The molecule has 0 heterocycles. The van der Waals surface area contributed by atoms with E-state index in [4.69, 9.17) is 21.4 Å². The lowest BCUT2D eigenvalue weighted by molar-refractivity contribution is 0.0697. The van der Waals surface area contributed by atoms with Gasteiger partial charge in [0.15, 0.2) is 0 Å². The molecule has 2 aromatic carbocycles. The van der Waals surface area contributed by atoms with Gasteiger partial charge >= 0.3 is 5.97 Å². The second-order valence-electron chi connectivity index (χ2n) is 4.23. The zero-order chi connectivity index (χ0) is 15.2. The Labute approximate surface area is 135 Å².